The maximum absolute atomic E-state index is 11.7. The monoisotopic (exact) mass is 304 g/mol. The van der Waals surface area contributed by atoms with E-state index in [0.717, 1.165) is 11.0 Å². The van der Waals surface area contributed by atoms with E-state index >= 15 is 0 Å². The summed E-state index contributed by atoms with van der Waals surface area (Å²) >= 11 is 7.27. The number of amides is 1. The third kappa shape index (κ3) is 2.89. The number of hydrogen-bond acceptors (Lipinski definition) is 4. The molecule has 0 atom stereocenters. The fraction of sp³-hybridized carbons (Fsp3) is 0. The second-order valence-electron chi connectivity index (χ2n) is 3.99. The molecule has 4 nitrogen and oxygen atoms in total. The molecule has 0 bridgehead atoms. The normalized spacial score (nSPS) is 11.2. The number of hydrogen-bond donors (Lipinski definition) is 1. The average Bonchev–Trinajstić information content (AvgIpc) is 3.04. The van der Waals surface area contributed by atoms with Crippen LogP contribution in [-0.4, -0.2) is 10.9 Å². The van der Waals surface area contributed by atoms with Crippen molar-refractivity contribution in [2.75, 3.05) is 5.32 Å². The van der Waals surface area contributed by atoms with Gasteiger partial charge in [-0.25, -0.2) is 4.98 Å². The van der Waals surface area contributed by atoms with Gasteiger partial charge >= 0.3 is 0 Å². The third-order valence-electron chi connectivity index (χ3n) is 2.56. The van der Waals surface area contributed by atoms with Crippen LogP contribution in [0.25, 0.3) is 17.0 Å². The molecule has 20 heavy (non-hydrogen) atoms. The fourth-order valence-corrected chi connectivity index (χ4v) is 2.42. The minimum absolute atomic E-state index is 0.251. The van der Waals surface area contributed by atoms with Crippen molar-refractivity contribution in [3.05, 3.63) is 52.7 Å². The Kier molecular flexibility index (Phi) is 3.54. The van der Waals surface area contributed by atoms with Crippen molar-refractivity contribution >= 4 is 51.0 Å². The van der Waals surface area contributed by atoms with Crippen molar-refractivity contribution in [3.63, 3.8) is 0 Å². The van der Waals surface area contributed by atoms with Crippen molar-refractivity contribution < 1.29 is 9.21 Å². The van der Waals surface area contributed by atoms with E-state index in [2.05, 4.69) is 10.3 Å². The number of rotatable bonds is 3. The molecule has 0 radical (unpaired) electrons. The zero-order valence-electron chi connectivity index (χ0n) is 10.2. The summed E-state index contributed by atoms with van der Waals surface area (Å²) in [7, 11) is 0. The van der Waals surface area contributed by atoms with E-state index < -0.39 is 0 Å². The lowest BCUT2D eigenvalue weighted by atomic mass is 10.2. The highest BCUT2D eigenvalue weighted by Crippen LogP contribution is 2.23. The first-order chi connectivity index (χ1) is 9.70. The van der Waals surface area contributed by atoms with Gasteiger partial charge in [-0.05, 0) is 30.3 Å². The largest absolute Gasteiger partial charge is 0.457 e. The van der Waals surface area contributed by atoms with Crippen LogP contribution in [0.5, 0.6) is 0 Å². The highest BCUT2D eigenvalue weighted by atomic mass is 35.5. The number of carbonyl (C=O) groups excluding carboxylic acids is 1. The number of thiazole rings is 1. The van der Waals surface area contributed by atoms with E-state index in [4.69, 9.17) is 16.0 Å². The summed E-state index contributed by atoms with van der Waals surface area (Å²) in [5.74, 6) is 0.343. The van der Waals surface area contributed by atoms with Crippen LogP contribution in [0.4, 0.5) is 5.13 Å². The lowest BCUT2D eigenvalue weighted by molar-refractivity contribution is -0.111. The van der Waals surface area contributed by atoms with E-state index in [-0.39, 0.29) is 5.91 Å². The minimum atomic E-state index is -0.251. The number of furan rings is 1. The maximum Gasteiger partial charge on any atom is 0.250 e. The quantitative estimate of drug-likeness (QED) is 0.738. The molecule has 0 saturated heterocycles. The molecule has 0 fully saturated rings. The van der Waals surface area contributed by atoms with Crippen LogP contribution in [0.3, 0.4) is 0 Å². The van der Waals surface area contributed by atoms with Gasteiger partial charge in [-0.15, -0.1) is 11.3 Å². The Hall–Kier alpha value is -2.11. The van der Waals surface area contributed by atoms with Crippen LogP contribution in [-0.2, 0) is 4.79 Å². The first-order valence-electron chi connectivity index (χ1n) is 5.78. The predicted octanol–water partition coefficient (Wildman–Crippen LogP) is 4.19. The number of fused-ring (bicyclic) bond motifs is 1. The molecule has 1 N–H and O–H groups in total. The van der Waals surface area contributed by atoms with E-state index in [1.807, 2.05) is 12.1 Å². The van der Waals surface area contributed by atoms with E-state index in [9.17, 15) is 4.79 Å². The van der Waals surface area contributed by atoms with Crippen molar-refractivity contribution in [2.24, 2.45) is 0 Å². The number of carbonyl (C=O) groups is 1. The van der Waals surface area contributed by atoms with Crippen LogP contribution < -0.4 is 5.32 Å². The molecule has 100 valence electrons. The number of halogens is 1. The van der Waals surface area contributed by atoms with E-state index in [0.29, 0.717) is 15.9 Å². The molecule has 3 aromatic rings. The standard InChI is InChI=1S/C14H9ClN2O2S/c15-10-1-3-12-9(7-10)8-11(19-12)2-4-13(18)17-14-16-5-6-20-14/h1-8H,(H,16,17,18). The topological polar surface area (TPSA) is 55.1 Å². The molecule has 1 aromatic carbocycles. The second-order valence-corrected chi connectivity index (χ2v) is 5.32. The molecule has 6 heteroatoms. The number of anilines is 1. The smallest absolute Gasteiger partial charge is 0.250 e. The zero-order valence-corrected chi connectivity index (χ0v) is 11.7. The Morgan fingerprint density at radius 3 is 3.10 bits per heavy atom. The first kappa shape index (κ1) is 12.9. The molecular weight excluding hydrogens is 296 g/mol. The molecule has 0 aliphatic rings. The number of benzene rings is 1. The van der Waals surface area contributed by atoms with Gasteiger partial charge in [-0.3, -0.25) is 10.1 Å². The third-order valence-corrected chi connectivity index (χ3v) is 3.48. The molecule has 3 rings (SSSR count). The fourth-order valence-electron chi connectivity index (χ4n) is 1.71. The molecule has 1 amide bonds. The van der Waals surface area contributed by atoms with Gasteiger partial charge in [-0.2, -0.15) is 0 Å². The Morgan fingerprint density at radius 2 is 2.30 bits per heavy atom. The van der Waals surface area contributed by atoms with Crippen molar-refractivity contribution in [3.8, 4) is 0 Å². The predicted molar refractivity (Wildman–Crippen MR) is 81.0 cm³/mol. The Balaban J connectivity index is 1.75. The minimum Gasteiger partial charge on any atom is -0.457 e. The summed E-state index contributed by atoms with van der Waals surface area (Å²) in [6.45, 7) is 0. The molecule has 0 aliphatic carbocycles. The summed E-state index contributed by atoms with van der Waals surface area (Å²) in [6.07, 6.45) is 4.64. The lowest BCUT2D eigenvalue weighted by Gasteiger charge is -1.93. The summed E-state index contributed by atoms with van der Waals surface area (Å²) < 4.78 is 5.57. The zero-order chi connectivity index (χ0) is 13.9. The van der Waals surface area contributed by atoms with Gasteiger partial charge in [0.05, 0.1) is 0 Å². The first-order valence-corrected chi connectivity index (χ1v) is 7.04. The molecule has 0 aliphatic heterocycles. The highest BCUT2D eigenvalue weighted by molar-refractivity contribution is 7.13. The van der Waals surface area contributed by atoms with Crippen molar-refractivity contribution in [2.45, 2.75) is 0 Å². The molecule has 0 spiro atoms. The van der Waals surface area contributed by atoms with Gasteiger partial charge in [0.1, 0.15) is 11.3 Å². The van der Waals surface area contributed by atoms with Crippen LogP contribution >= 0.6 is 22.9 Å². The van der Waals surface area contributed by atoms with E-state index in [1.165, 1.54) is 17.4 Å². The van der Waals surface area contributed by atoms with Gasteiger partial charge < -0.3 is 4.42 Å². The lowest BCUT2D eigenvalue weighted by Crippen LogP contribution is -2.06. The van der Waals surface area contributed by atoms with Crippen molar-refractivity contribution in [1.82, 2.24) is 4.98 Å². The summed E-state index contributed by atoms with van der Waals surface area (Å²) in [6, 6.07) is 7.20. The second kappa shape index (κ2) is 5.48. The summed E-state index contributed by atoms with van der Waals surface area (Å²) in [5, 5.41) is 6.56. The molecule has 2 heterocycles. The molecule has 0 saturated carbocycles. The van der Waals surface area contributed by atoms with Gasteiger partial charge in [0.25, 0.3) is 0 Å². The summed E-state index contributed by atoms with van der Waals surface area (Å²) in [5.41, 5.74) is 0.731. The van der Waals surface area contributed by atoms with Gasteiger partial charge in [0.2, 0.25) is 5.91 Å². The van der Waals surface area contributed by atoms with Crippen LogP contribution in [0.1, 0.15) is 5.76 Å². The van der Waals surface area contributed by atoms with Crippen LogP contribution in [0.2, 0.25) is 5.02 Å². The molecular formula is C14H9ClN2O2S. The Labute approximate surface area is 123 Å². The van der Waals surface area contributed by atoms with Gasteiger partial charge in [0, 0.05) is 28.1 Å². The molecule has 0 unspecified atom stereocenters. The SMILES string of the molecule is O=C(C=Cc1cc2cc(Cl)ccc2o1)Nc1nccs1. The van der Waals surface area contributed by atoms with Crippen LogP contribution in [0.15, 0.2) is 46.3 Å². The number of aromatic nitrogens is 1. The maximum atomic E-state index is 11.7. The molecule has 2 aromatic heterocycles. The van der Waals surface area contributed by atoms with E-state index in [1.54, 1.807) is 29.8 Å². The van der Waals surface area contributed by atoms with Crippen molar-refractivity contribution in [1.29, 1.82) is 0 Å². The Bertz CT molecular complexity index is 778. The van der Waals surface area contributed by atoms with Gasteiger partial charge in [0.15, 0.2) is 5.13 Å². The van der Waals surface area contributed by atoms with Crippen LogP contribution in [0, 0.1) is 0 Å². The average molecular weight is 305 g/mol. The Morgan fingerprint density at radius 1 is 1.40 bits per heavy atom. The summed E-state index contributed by atoms with van der Waals surface area (Å²) in [4.78, 5) is 15.6. The number of nitrogens with zero attached hydrogens (tertiary/aromatic N) is 1. The number of nitrogens with one attached hydrogen (secondary N) is 1. The van der Waals surface area contributed by atoms with Gasteiger partial charge in [-0.1, -0.05) is 11.6 Å². The highest BCUT2D eigenvalue weighted by Gasteiger charge is 2.03.